The molecule has 6 aromatic heterocycles. The molecule has 0 saturated heterocycles. The van der Waals surface area contributed by atoms with Gasteiger partial charge in [-0.3, -0.25) is 0 Å². The first-order valence-corrected chi connectivity index (χ1v) is 18.8. The van der Waals surface area contributed by atoms with Gasteiger partial charge in [-0.15, -0.1) is 68.0 Å². The Labute approximate surface area is 258 Å². The SMILES string of the molecule is Cc1ccc(-c2ccc(-c3cc(C4=C(c5cc(-c6ccc(-c7ccc(C)s7)s6)sc5C)CSC4)c(C)s3)s2)s1. The highest BCUT2D eigenvalue weighted by Gasteiger charge is 2.24. The number of hydrogen-bond donors (Lipinski definition) is 0. The average Bonchev–Trinajstić information content (AvgIpc) is 3.74. The summed E-state index contributed by atoms with van der Waals surface area (Å²) in [6.45, 7) is 8.98. The summed E-state index contributed by atoms with van der Waals surface area (Å²) in [5.41, 5.74) is 5.99. The molecule has 39 heavy (non-hydrogen) atoms. The molecular weight excluding hydrogens is 609 g/mol. The molecule has 0 fully saturated rings. The molecule has 7 heterocycles. The maximum atomic E-state index is 2.47. The Morgan fingerprint density at radius 2 is 0.769 bits per heavy atom. The van der Waals surface area contributed by atoms with Gasteiger partial charge in [-0.05, 0) is 111 Å². The average molecular weight is 635 g/mol. The quantitative estimate of drug-likeness (QED) is 0.176. The summed E-state index contributed by atoms with van der Waals surface area (Å²) < 4.78 is 0. The highest BCUT2D eigenvalue weighted by molar-refractivity contribution is 8.00. The first kappa shape index (κ1) is 26.2. The molecule has 7 heteroatoms. The maximum absolute atomic E-state index is 2.47. The minimum Gasteiger partial charge on any atom is -0.152 e. The molecule has 0 bridgehead atoms. The molecule has 0 atom stereocenters. The standard InChI is InChI=1S/C32H26S7/c1-17-5-7-25(34-17)27-9-11-29(38-27)31-13-21(19(3)36-31)23-15-33-16-24(23)22-14-32(37-20(22)4)30-12-10-28(39-30)26-8-6-18(2)35-26/h5-14H,15-16H2,1-4H3. The van der Waals surface area contributed by atoms with Gasteiger partial charge in [0.05, 0.1) is 0 Å². The van der Waals surface area contributed by atoms with Gasteiger partial charge in [0.15, 0.2) is 0 Å². The topological polar surface area (TPSA) is 0 Å². The molecule has 6 aromatic rings. The fourth-order valence-corrected chi connectivity index (χ4v) is 12.4. The molecule has 0 N–H and O–H groups in total. The summed E-state index contributed by atoms with van der Waals surface area (Å²) >= 11 is 13.6. The smallest absolute Gasteiger partial charge is 0.0451 e. The Kier molecular flexibility index (Phi) is 7.12. The minimum atomic E-state index is 1.10. The van der Waals surface area contributed by atoms with Crippen LogP contribution in [0.3, 0.4) is 0 Å². The first-order chi connectivity index (χ1) is 18.9. The van der Waals surface area contributed by atoms with Crippen LogP contribution in [0.25, 0.3) is 50.2 Å². The predicted octanol–water partition coefficient (Wildman–Crippen LogP) is 12.6. The molecule has 7 rings (SSSR count). The van der Waals surface area contributed by atoms with Crippen molar-refractivity contribution >= 4 is 90.9 Å². The second-order valence-corrected chi connectivity index (χ2v) is 18.0. The molecule has 0 nitrogen and oxygen atoms in total. The lowest BCUT2D eigenvalue weighted by Crippen LogP contribution is -1.90. The van der Waals surface area contributed by atoms with Gasteiger partial charge in [0.2, 0.25) is 0 Å². The van der Waals surface area contributed by atoms with Gasteiger partial charge in [-0.1, -0.05) is 0 Å². The van der Waals surface area contributed by atoms with Gasteiger partial charge in [0.25, 0.3) is 0 Å². The highest BCUT2D eigenvalue weighted by atomic mass is 32.2. The van der Waals surface area contributed by atoms with E-state index in [-0.39, 0.29) is 0 Å². The van der Waals surface area contributed by atoms with Crippen LogP contribution in [0.1, 0.15) is 30.6 Å². The van der Waals surface area contributed by atoms with Crippen LogP contribution >= 0.6 is 79.8 Å². The molecule has 1 aliphatic rings. The number of hydrogen-bond acceptors (Lipinski definition) is 7. The Hall–Kier alpha value is -1.71. The number of thioether (sulfide) groups is 1. The molecule has 0 saturated carbocycles. The zero-order valence-corrected chi connectivity index (χ0v) is 27.8. The summed E-state index contributed by atoms with van der Waals surface area (Å²) in [7, 11) is 0. The summed E-state index contributed by atoms with van der Waals surface area (Å²) in [6, 6.07) is 23.1. The normalized spacial score (nSPS) is 13.7. The van der Waals surface area contributed by atoms with Crippen molar-refractivity contribution in [2.24, 2.45) is 0 Å². The lowest BCUT2D eigenvalue weighted by Gasteiger charge is -2.06. The van der Waals surface area contributed by atoms with E-state index in [1.54, 1.807) is 11.1 Å². The number of rotatable bonds is 6. The molecule has 0 radical (unpaired) electrons. The molecule has 1 aliphatic heterocycles. The highest BCUT2D eigenvalue weighted by Crippen LogP contribution is 2.48. The van der Waals surface area contributed by atoms with Gasteiger partial charge in [0.1, 0.15) is 0 Å². The van der Waals surface area contributed by atoms with Crippen molar-refractivity contribution in [2.45, 2.75) is 27.7 Å². The van der Waals surface area contributed by atoms with Crippen molar-refractivity contribution in [1.29, 1.82) is 0 Å². The zero-order valence-electron chi connectivity index (χ0n) is 22.0. The Balaban J connectivity index is 1.21. The maximum Gasteiger partial charge on any atom is 0.0451 e. The summed E-state index contributed by atoms with van der Waals surface area (Å²) in [5.74, 6) is 2.20. The van der Waals surface area contributed by atoms with Gasteiger partial charge in [-0.2, -0.15) is 11.8 Å². The predicted molar refractivity (Wildman–Crippen MR) is 185 cm³/mol. The van der Waals surface area contributed by atoms with Crippen LogP contribution in [0.15, 0.2) is 60.7 Å². The molecule has 0 aromatic carbocycles. The van der Waals surface area contributed by atoms with Gasteiger partial charge >= 0.3 is 0 Å². The van der Waals surface area contributed by atoms with Crippen LogP contribution in [-0.4, -0.2) is 11.5 Å². The largest absolute Gasteiger partial charge is 0.152 e. The summed E-state index contributed by atoms with van der Waals surface area (Å²) in [5, 5.41) is 0. The van der Waals surface area contributed by atoms with Crippen molar-refractivity contribution in [1.82, 2.24) is 0 Å². The van der Waals surface area contributed by atoms with E-state index < -0.39 is 0 Å². The lowest BCUT2D eigenvalue weighted by molar-refractivity contribution is 1.51. The third-order valence-corrected chi connectivity index (χ3v) is 15.0. The minimum absolute atomic E-state index is 1.10. The molecule has 196 valence electrons. The first-order valence-electron chi connectivity index (χ1n) is 12.8. The van der Waals surface area contributed by atoms with E-state index in [2.05, 4.69) is 100 Å². The van der Waals surface area contributed by atoms with Crippen LogP contribution in [0.4, 0.5) is 0 Å². The van der Waals surface area contributed by atoms with Crippen molar-refractivity contribution in [2.75, 3.05) is 11.5 Å². The van der Waals surface area contributed by atoms with Crippen molar-refractivity contribution in [3.8, 4) is 39.0 Å². The molecule has 0 spiro atoms. The van der Waals surface area contributed by atoms with Crippen molar-refractivity contribution < 1.29 is 0 Å². The van der Waals surface area contributed by atoms with Crippen LogP contribution in [0.2, 0.25) is 0 Å². The van der Waals surface area contributed by atoms with E-state index in [0.717, 1.165) is 11.5 Å². The summed E-state index contributed by atoms with van der Waals surface area (Å²) in [6.07, 6.45) is 0. The van der Waals surface area contributed by atoms with E-state index in [1.165, 1.54) is 69.7 Å². The van der Waals surface area contributed by atoms with E-state index in [0.29, 0.717) is 0 Å². The van der Waals surface area contributed by atoms with E-state index in [1.807, 2.05) is 68.0 Å². The van der Waals surface area contributed by atoms with Gasteiger partial charge < -0.3 is 0 Å². The molecule has 0 amide bonds. The van der Waals surface area contributed by atoms with Crippen molar-refractivity contribution in [3.63, 3.8) is 0 Å². The third kappa shape index (κ3) is 5.01. The van der Waals surface area contributed by atoms with Gasteiger partial charge in [0, 0.05) is 70.0 Å². The molecule has 0 aliphatic carbocycles. The molecule has 0 unspecified atom stereocenters. The Morgan fingerprint density at radius 3 is 1.15 bits per heavy atom. The lowest BCUT2D eigenvalue weighted by atomic mass is 9.97. The Bertz CT molecular complexity index is 1700. The monoisotopic (exact) mass is 634 g/mol. The second-order valence-electron chi connectivity index (χ2n) is 9.76. The van der Waals surface area contributed by atoms with Crippen LogP contribution < -0.4 is 0 Å². The molecular formula is C32H26S7. The Morgan fingerprint density at radius 1 is 0.410 bits per heavy atom. The fourth-order valence-electron chi connectivity index (χ4n) is 5.06. The van der Waals surface area contributed by atoms with E-state index >= 15 is 0 Å². The fraction of sp³-hybridized carbons (Fsp3) is 0.188. The van der Waals surface area contributed by atoms with Crippen molar-refractivity contribution in [3.05, 3.63) is 91.3 Å². The van der Waals surface area contributed by atoms with Crippen LogP contribution in [0, 0.1) is 27.7 Å². The van der Waals surface area contributed by atoms with Crippen LogP contribution in [0.5, 0.6) is 0 Å². The van der Waals surface area contributed by atoms with Gasteiger partial charge in [-0.25, -0.2) is 0 Å². The zero-order chi connectivity index (χ0) is 26.7. The number of aryl methyl sites for hydroxylation is 4. The van der Waals surface area contributed by atoms with Crippen LogP contribution in [-0.2, 0) is 0 Å². The second kappa shape index (κ2) is 10.6. The summed E-state index contributed by atoms with van der Waals surface area (Å²) in [4.78, 5) is 16.7. The number of thiophene rings is 6. The third-order valence-electron chi connectivity index (χ3n) is 7.01. The van der Waals surface area contributed by atoms with E-state index in [4.69, 9.17) is 0 Å². The van der Waals surface area contributed by atoms with E-state index in [9.17, 15) is 0 Å².